The number of urea groups is 3. The molecule has 696 valence electrons. The maximum atomic E-state index is 15.5. The number of aliphatic carboxylic acids is 2. The third-order valence-corrected chi connectivity index (χ3v) is 24.4. The van der Waals surface area contributed by atoms with Gasteiger partial charge in [0.05, 0.1) is 91.6 Å². The Balaban J connectivity index is 0.000000250. The number of isocyanates is 1. The van der Waals surface area contributed by atoms with E-state index in [2.05, 4.69) is 58.6 Å². The molecule has 0 radical (unpaired) electrons. The Kier molecular flexibility index (Phi) is 41.9. The molecule has 11 atom stereocenters. The van der Waals surface area contributed by atoms with Crippen LogP contribution in [0.25, 0.3) is 0 Å². The van der Waals surface area contributed by atoms with Gasteiger partial charge in [-0.25, -0.2) is 41.7 Å². The average molecular weight is 1950 g/mol. The summed E-state index contributed by atoms with van der Waals surface area (Å²) < 4.78 is 47.0. The number of aliphatic imine (C=N–C) groups is 1. The fourth-order valence-electron chi connectivity index (χ4n) is 14.5. The van der Waals surface area contributed by atoms with E-state index in [0.717, 1.165) is 49.0 Å². The van der Waals surface area contributed by atoms with Crippen LogP contribution in [0.15, 0.2) is 187 Å². The molecule has 8 aromatic rings. The van der Waals surface area contributed by atoms with Crippen molar-refractivity contribution in [3.63, 3.8) is 0 Å². The van der Waals surface area contributed by atoms with Crippen molar-refractivity contribution in [1.29, 1.82) is 10.5 Å². The number of amides is 8. The number of anilines is 5. The molecule has 4 heterocycles. The van der Waals surface area contributed by atoms with Crippen LogP contribution in [0.4, 0.5) is 57.3 Å². The molecule has 132 heavy (non-hydrogen) atoms. The smallest absolute Gasteiger partial charge is 0.662 e. The van der Waals surface area contributed by atoms with E-state index >= 15 is 8.78 Å². The van der Waals surface area contributed by atoms with Gasteiger partial charge in [-0.05, 0) is 226 Å². The van der Waals surface area contributed by atoms with Gasteiger partial charge < -0.3 is 93.1 Å². The monoisotopic (exact) mass is 1940 g/mol. The fraction of sp³-hybridized carbons (Fsp3) is 0.352. The first-order valence-electron chi connectivity index (χ1n) is 41.0. The van der Waals surface area contributed by atoms with Crippen molar-refractivity contribution in [2.45, 2.75) is 162 Å². The largest absolute Gasteiger partial charge is 1.00 e. The molecule has 4 aliphatic heterocycles. The number of benzene rings is 8. The van der Waals surface area contributed by atoms with Crippen molar-refractivity contribution in [1.82, 2.24) is 24.7 Å². The number of nitriles is 2. The molecule has 32 nitrogen and oxygen atoms in total. The number of aliphatic hydroxyl groups excluding tert-OH is 4. The van der Waals surface area contributed by atoms with E-state index in [-0.39, 0.29) is 98.7 Å². The Morgan fingerprint density at radius 3 is 1.30 bits per heavy atom. The molecular formula is C91H98Cl5F2N14NaO18S. The van der Waals surface area contributed by atoms with Crippen LogP contribution < -0.4 is 77.2 Å². The van der Waals surface area contributed by atoms with Gasteiger partial charge in [-0.3, -0.25) is 19.2 Å². The molecule has 6 fully saturated rings. The van der Waals surface area contributed by atoms with Gasteiger partial charge in [0, 0.05) is 89.0 Å². The summed E-state index contributed by atoms with van der Waals surface area (Å²) in [5.74, 6) is -3.55. The minimum atomic E-state index is -1.57. The third-order valence-electron chi connectivity index (χ3n) is 21.8. The molecule has 2 unspecified atom stereocenters. The van der Waals surface area contributed by atoms with Crippen LogP contribution in [0.5, 0.6) is 0 Å². The van der Waals surface area contributed by atoms with Gasteiger partial charge >= 0.3 is 59.6 Å². The summed E-state index contributed by atoms with van der Waals surface area (Å²) in [7, 11) is -1.57. The second-order valence-electron chi connectivity index (χ2n) is 32.5. The molecular weight excluding hydrogens is 1850 g/mol. The summed E-state index contributed by atoms with van der Waals surface area (Å²) in [6.07, 6.45) is 5.90. The van der Waals surface area contributed by atoms with E-state index in [1.54, 1.807) is 146 Å². The van der Waals surface area contributed by atoms with E-state index in [9.17, 15) is 68.4 Å². The molecule has 2 aliphatic carbocycles. The molecule has 8 amide bonds. The van der Waals surface area contributed by atoms with Crippen molar-refractivity contribution >= 4 is 158 Å². The Labute approximate surface area is 810 Å². The molecule has 14 rings (SSSR count). The molecule has 15 N–H and O–H groups in total. The van der Waals surface area contributed by atoms with Crippen molar-refractivity contribution in [2.24, 2.45) is 22.6 Å². The van der Waals surface area contributed by atoms with Gasteiger partial charge in [0.1, 0.15) is 35.8 Å². The molecule has 41 heteroatoms. The van der Waals surface area contributed by atoms with Gasteiger partial charge in [-0.2, -0.15) is 15.5 Å². The summed E-state index contributed by atoms with van der Waals surface area (Å²) in [4.78, 5) is 114. The Hall–Kier alpha value is -10.6. The molecule has 0 bridgehead atoms. The van der Waals surface area contributed by atoms with Crippen LogP contribution in [-0.4, -0.2) is 183 Å². The second-order valence-corrected chi connectivity index (χ2v) is 36.2. The number of carboxylic acid groups (broad SMARTS) is 2. The number of nitrogens with two attached hydrogens (primary N) is 1. The zero-order chi connectivity index (χ0) is 94.7. The number of carbonyl (C=O) groups excluding carboxylic acids is 7. The van der Waals surface area contributed by atoms with E-state index in [4.69, 9.17) is 77.5 Å². The fourth-order valence-corrected chi connectivity index (χ4v) is 16.0. The summed E-state index contributed by atoms with van der Waals surface area (Å²) in [6, 6.07) is 47.9. The first kappa shape index (κ1) is 108. The number of carboxylic acids is 2. The Bertz CT molecular complexity index is 5470. The number of hydrogen-bond acceptors (Lipinski definition) is 21. The number of β-amino-alcohol motifs (C(OH)–C–C–N with tert-alkyl or cyclic N) is 4. The minimum absolute atomic E-state index is 0. The summed E-state index contributed by atoms with van der Waals surface area (Å²) in [5, 5.41) is 102. The quantitative estimate of drug-likeness (QED) is 0.00706. The van der Waals surface area contributed by atoms with E-state index in [1.165, 1.54) is 40.1 Å². The maximum absolute atomic E-state index is 15.5. The third kappa shape index (κ3) is 31.8. The topological polar surface area (TPSA) is 504 Å². The van der Waals surface area contributed by atoms with E-state index in [1.807, 2.05) is 32.9 Å². The van der Waals surface area contributed by atoms with Crippen LogP contribution in [0.3, 0.4) is 0 Å². The number of hydrogen-bond donors (Lipinski definition) is 14. The van der Waals surface area contributed by atoms with Crippen LogP contribution in [0, 0.1) is 46.1 Å². The van der Waals surface area contributed by atoms with Gasteiger partial charge in [0.2, 0.25) is 17.9 Å². The van der Waals surface area contributed by atoms with Crippen molar-refractivity contribution in [3.05, 3.63) is 247 Å². The maximum Gasteiger partial charge on any atom is 1.00 e. The minimum Gasteiger partial charge on any atom is -0.662 e. The molecule has 4 saturated heterocycles. The number of rotatable bonds is 23. The zero-order valence-electron chi connectivity index (χ0n) is 71.9. The number of nitrogens with one attached hydrogen (secondary N) is 7. The summed E-state index contributed by atoms with van der Waals surface area (Å²) in [6.45, 7) is 5.66. The number of aliphatic hydroxyl groups is 4. The number of halogens is 7. The molecule has 6 aliphatic rings. The number of carbonyl (C=O) groups is 8. The van der Waals surface area contributed by atoms with Gasteiger partial charge in [0.15, 0.2) is 0 Å². The van der Waals surface area contributed by atoms with Crippen molar-refractivity contribution in [2.75, 3.05) is 52.8 Å². The van der Waals surface area contributed by atoms with Crippen molar-refractivity contribution in [3.8, 4) is 12.1 Å². The average Bonchev–Trinajstić information content (AvgIpc) is 0.767. The number of nitrogens with zero attached hydrogens (tertiary/aromatic N) is 6. The molecule has 2 saturated carbocycles. The van der Waals surface area contributed by atoms with Gasteiger partial charge in [-0.15, -0.1) is 12.4 Å². The second kappa shape index (κ2) is 51.0. The van der Waals surface area contributed by atoms with E-state index in [0.29, 0.717) is 108 Å². The van der Waals surface area contributed by atoms with Gasteiger partial charge in [0.25, 0.3) is 6.47 Å². The first-order valence-corrected chi connectivity index (χ1v) is 43.7. The standard InChI is InChI=1S/C35H39ClFN5O4S.C31H31ClFN5O3.C12H13ClN2O4.C7H4ClNO.C5H9NO3.CH2O3.ClH.Na/c1-34(2,3)47(46)41-35(16-15-22-7-8-22,24-6-4-5-23(17-24)20-38)25-9-14-29(37)30(18-25)40-32(44)31-19-28(43)21-42(31)33(45)39-27-12-10-26(36)11-13-27;32-23-7-9-24(10-8-23)36-30(41)38-18-25(39)16-28(38)29(40)37-27-15-22(6-11-26(27)33)31(35,13-12-19-4-5-19)21-3-1-2-20(14-21)17-34;13-7-1-3-8(4-2-7)14-12(19)15-6-9(16)5-10(15)11(17)18;8-6-1-3-7(4-2-6)9-5-10;7-3-1-4(5(8)9)6-2-3;2-1-4-3;;/h4-6,9-14,17-18,22,28,31,41,43H,7-8,15-16,19,21H2,1-3H3,(H,39,45)(H,40,44);1-3,6-11,14-15,19,25,28,39H,4-5,12-13,16,18,35H2,(H,36,41)(H,37,40);1-4,9-10,16H,5-6H2,(H,14,19)(H,17,18);1-4H;3-4,6-7H,1-2H2,(H,8,9);1,3H;1H;/q;;;;;;;+1/p-1/t28-,31+,35?,47+;25-,28+,31?;9-,10+;;3-,4+;;;/m000.0.../s1. The van der Waals surface area contributed by atoms with Crippen LogP contribution >= 0.6 is 58.8 Å². The number of likely N-dealkylation sites (tertiary alicyclic amines) is 3. The summed E-state index contributed by atoms with van der Waals surface area (Å²) in [5.41, 5.74) is 10.2. The predicted molar refractivity (Wildman–Crippen MR) is 489 cm³/mol. The van der Waals surface area contributed by atoms with Gasteiger partial charge in [-0.1, -0.05) is 108 Å². The SMILES string of the molecule is CC(C)(C)[S@@](=O)NC(CCC1CC1)(c1cccc(C#N)c1)c1ccc(F)c(NC(=O)[C@H]2C[C@H](O)CN2C(=O)Nc2ccc(Cl)cc2)c1.Cl.N#Cc1cccc(C(N)(CCC2CC2)c2ccc(F)c(NC(=O)[C@H]3C[C@H](O)CN3C(=O)Nc3ccc(Cl)cc3)c2)c1.O=C(O)[C@H]1C[C@H](O)CN1.O=C(O)[C@H]1C[C@H](O)CN1C(=O)Nc1ccc(Cl)cc1.O=C=Nc1ccc(Cl)cc1.O=CO[O-].[Na+]. The molecule has 0 aromatic heterocycles. The van der Waals surface area contributed by atoms with Crippen LogP contribution in [-0.2, 0) is 55.7 Å². The van der Waals surface area contributed by atoms with Crippen LogP contribution in [0.1, 0.15) is 131 Å². The molecule has 8 aromatic carbocycles. The first-order chi connectivity index (χ1) is 61.8. The summed E-state index contributed by atoms with van der Waals surface area (Å²) >= 11 is 23.2. The Morgan fingerprint density at radius 1 is 0.553 bits per heavy atom. The zero-order valence-corrected chi connectivity index (χ0v) is 78.6. The Morgan fingerprint density at radius 2 is 0.924 bits per heavy atom. The molecule has 0 spiro atoms. The van der Waals surface area contributed by atoms with Crippen molar-refractivity contribution < 1.29 is 126 Å². The normalized spacial score (nSPS) is 19.6. The van der Waals surface area contributed by atoms with E-state index < -0.39 is 129 Å². The predicted octanol–water partition coefficient (Wildman–Crippen LogP) is 10.1. The van der Waals surface area contributed by atoms with Crippen LogP contribution in [0.2, 0.25) is 20.1 Å².